The van der Waals surface area contributed by atoms with Crippen LogP contribution in [0.15, 0.2) is 53.7 Å². The van der Waals surface area contributed by atoms with Crippen LogP contribution in [-0.4, -0.2) is 35.3 Å². The number of hydrogen-bond donors (Lipinski definition) is 1. The molecule has 5 nitrogen and oxygen atoms in total. The van der Waals surface area contributed by atoms with Gasteiger partial charge in [-0.1, -0.05) is 61.8 Å². The summed E-state index contributed by atoms with van der Waals surface area (Å²) in [4.78, 5) is 20.4. The molecule has 6 heteroatoms. The molecule has 2 aliphatic rings. The minimum absolute atomic E-state index is 0.0673. The fourth-order valence-electron chi connectivity index (χ4n) is 3.99. The average Bonchev–Trinajstić information content (AvgIpc) is 3.12. The quantitative estimate of drug-likeness (QED) is 0.658. The van der Waals surface area contributed by atoms with Gasteiger partial charge in [-0.3, -0.25) is 0 Å². The van der Waals surface area contributed by atoms with Crippen molar-refractivity contribution in [3.05, 3.63) is 64.7 Å². The number of oxime groups is 1. The Labute approximate surface area is 183 Å². The molecular weight excluding hydrogens is 398 g/mol. The third-order valence-corrected chi connectivity index (χ3v) is 6.20. The van der Waals surface area contributed by atoms with Gasteiger partial charge in [-0.05, 0) is 35.2 Å². The lowest BCUT2D eigenvalue weighted by atomic mass is 9.85. The number of halogens is 1. The van der Waals surface area contributed by atoms with Crippen LogP contribution in [0.3, 0.4) is 0 Å². The zero-order valence-corrected chi connectivity index (χ0v) is 18.5. The van der Waals surface area contributed by atoms with Crippen LogP contribution in [0.4, 0.5) is 10.5 Å². The number of nitrogens with zero attached hydrogens (tertiary/aromatic N) is 2. The van der Waals surface area contributed by atoms with Crippen LogP contribution in [0.2, 0.25) is 5.02 Å². The normalized spacial score (nSPS) is 18.1. The Bertz CT molecular complexity index is 955. The monoisotopic (exact) mass is 425 g/mol. The van der Waals surface area contributed by atoms with Crippen molar-refractivity contribution < 1.29 is 9.63 Å². The molecule has 0 aliphatic carbocycles. The second-order valence-electron chi connectivity index (χ2n) is 9.24. The maximum atomic E-state index is 12.7. The molecule has 1 spiro atoms. The molecule has 0 unspecified atom stereocenters. The summed E-state index contributed by atoms with van der Waals surface area (Å²) < 4.78 is 0. The molecule has 0 aromatic heterocycles. The second-order valence-corrected chi connectivity index (χ2v) is 9.68. The third-order valence-electron chi connectivity index (χ3n) is 5.96. The number of amides is 2. The standard InChI is InChI=1S/C24H28ClN3O2/c1-23(2,3)18-7-9-20(10-8-18)26-22(29)28-13-11-24(12-14-28)16-21(27-30-24)17-5-4-6-19(25)15-17/h4-10,15H,11-14,16H2,1-3H3,(H,26,29). The molecule has 2 heterocycles. The molecule has 0 radical (unpaired) electrons. The van der Waals surface area contributed by atoms with Crippen molar-refractivity contribution >= 4 is 29.0 Å². The van der Waals surface area contributed by atoms with Gasteiger partial charge in [0, 0.05) is 48.6 Å². The largest absolute Gasteiger partial charge is 0.388 e. The van der Waals surface area contributed by atoms with Crippen molar-refractivity contribution in [2.45, 2.75) is 51.0 Å². The lowest BCUT2D eigenvalue weighted by Crippen LogP contribution is -2.48. The van der Waals surface area contributed by atoms with Crippen LogP contribution in [0, 0.1) is 0 Å². The average molecular weight is 426 g/mol. The first kappa shape index (κ1) is 20.7. The van der Waals surface area contributed by atoms with Gasteiger partial charge < -0.3 is 15.1 Å². The van der Waals surface area contributed by atoms with Gasteiger partial charge in [0.2, 0.25) is 0 Å². The molecule has 2 aliphatic heterocycles. The van der Waals surface area contributed by atoms with E-state index in [0.29, 0.717) is 18.1 Å². The summed E-state index contributed by atoms with van der Waals surface area (Å²) in [7, 11) is 0. The van der Waals surface area contributed by atoms with Gasteiger partial charge in [-0.15, -0.1) is 0 Å². The van der Waals surface area contributed by atoms with Crippen LogP contribution >= 0.6 is 11.6 Å². The van der Waals surface area contributed by atoms with Gasteiger partial charge >= 0.3 is 6.03 Å². The molecule has 1 fully saturated rings. The maximum Gasteiger partial charge on any atom is 0.321 e. The number of rotatable bonds is 2. The SMILES string of the molecule is CC(C)(C)c1ccc(NC(=O)N2CCC3(CC2)CC(c2cccc(Cl)c2)=NO3)cc1. The summed E-state index contributed by atoms with van der Waals surface area (Å²) in [5, 5.41) is 8.03. The van der Waals surface area contributed by atoms with Crippen molar-refractivity contribution in [2.75, 3.05) is 18.4 Å². The Balaban J connectivity index is 1.32. The van der Waals surface area contributed by atoms with Gasteiger partial charge in [-0.2, -0.15) is 0 Å². The van der Waals surface area contributed by atoms with Crippen molar-refractivity contribution in [1.82, 2.24) is 4.90 Å². The number of benzene rings is 2. The lowest BCUT2D eigenvalue weighted by molar-refractivity contribution is -0.0544. The molecule has 158 valence electrons. The van der Waals surface area contributed by atoms with Crippen molar-refractivity contribution in [1.29, 1.82) is 0 Å². The number of piperidine rings is 1. The predicted octanol–water partition coefficient (Wildman–Crippen LogP) is 5.83. The number of urea groups is 1. The van der Waals surface area contributed by atoms with Gasteiger partial charge in [0.1, 0.15) is 5.60 Å². The van der Waals surface area contributed by atoms with E-state index in [9.17, 15) is 4.79 Å². The molecule has 1 saturated heterocycles. The fourth-order valence-corrected chi connectivity index (χ4v) is 4.18. The Morgan fingerprint density at radius 2 is 1.83 bits per heavy atom. The number of hydrogen-bond acceptors (Lipinski definition) is 3. The Kier molecular flexibility index (Phi) is 5.49. The van der Waals surface area contributed by atoms with E-state index in [1.807, 2.05) is 41.3 Å². The van der Waals surface area contributed by atoms with Crippen molar-refractivity contribution in [2.24, 2.45) is 5.16 Å². The molecule has 0 saturated carbocycles. The molecular formula is C24H28ClN3O2. The van der Waals surface area contributed by atoms with E-state index >= 15 is 0 Å². The van der Waals surface area contributed by atoms with Gasteiger partial charge in [0.25, 0.3) is 0 Å². The van der Waals surface area contributed by atoms with E-state index in [0.717, 1.165) is 36.2 Å². The van der Waals surface area contributed by atoms with Crippen molar-refractivity contribution in [3.63, 3.8) is 0 Å². The molecule has 4 rings (SSSR count). The van der Waals surface area contributed by atoms with E-state index in [1.54, 1.807) is 0 Å². The summed E-state index contributed by atoms with van der Waals surface area (Å²) in [6, 6.07) is 15.7. The second kappa shape index (κ2) is 7.95. The molecule has 2 aromatic rings. The number of carbonyl (C=O) groups is 1. The molecule has 2 amide bonds. The van der Waals surface area contributed by atoms with E-state index in [2.05, 4.69) is 43.4 Å². The van der Waals surface area contributed by atoms with Gasteiger partial charge in [0.15, 0.2) is 0 Å². The van der Waals surface area contributed by atoms with Crippen LogP contribution in [-0.2, 0) is 10.3 Å². The molecule has 0 bridgehead atoms. The predicted molar refractivity (Wildman–Crippen MR) is 121 cm³/mol. The number of nitrogens with one attached hydrogen (secondary N) is 1. The minimum Gasteiger partial charge on any atom is -0.388 e. The highest BCUT2D eigenvalue weighted by molar-refractivity contribution is 6.31. The fraction of sp³-hybridized carbons (Fsp3) is 0.417. The molecule has 0 atom stereocenters. The summed E-state index contributed by atoms with van der Waals surface area (Å²) in [5.41, 5.74) is 3.76. The first-order chi connectivity index (χ1) is 14.2. The van der Waals surface area contributed by atoms with Crippen LogP contribution in [0.1, 0.15) is 51.2 Å². The first-order valence-electron chi connectivity index (χ1n) is 10.4. The zero-order chi connectivity index (χ0) is 21.4. The molecule has 1 N–H and O–H groups in total. The molecule has 30 heavy (non-hydrogen) atoms. The summed E-state index contributed by atoms with van der Waals surface area (Å²) in [6.45, 7) is 7.82. The maximum absolute atomic E-state index is 12.7. The Morgan fingerprint density at radius 1 is 1.13 bits per heavy atom. The Hall–Kier alpha value is -2.53. The third kappa shape index (κ3) is 4.46. The zero-order valence-electron chi connectivity index (χ0n) is 17.7. The highest BCUT2D eigenvalue weighted by Gasteiger charge is 2.43. The van der Waals surface area contributed by atoms with E-state index < -0.39 is 0 Å². The lowest BCUT2D eigenvalue weighted by Gasteiger charge is -2.37. The van der Waals surface area contributed by atoms with Gasteiger partial charge in [-0.25, -0.2) is 4.79 Å². The summed E-state index contributed by atoms with van der Waals surface area (Å²) in [5.74, 6) is 0. The van der Waals surface area contributed by atoms with E-state index in [4.69, 9.17) is 16.4 Å². The first-order valence-corrected chi connectivity index (χ1v) is 10.8. The summed E-state index contributed by atoms with van der Waals surface area (Å²) >= 11 is 6.10. The number of anilines is 1. The highest BCUT2D eigenvalue weighted by Crippen LogP contribution is 2.36. The summed E-state index contributed by atoms with van der Waals surface area (Å²) in [6.07, 6.45) is 2.27. The number of carbonyl (C=O) groups excluding carboxylic acids is 1. The van der Waals surface area contributed by atoms with Crippen molar-refractivity contribution in [3.8, 4) is 0 Å². The minimum atomic E-state index is -0.317. The van der Waals surface area contributed by atoms with Gasteiger partial charge in [0.05, 0.1) is 5.71 Å². The van der Waals surface area contributed by atoms with E-state index in [-0.39, 0.29) is 17.0 Å². The van der Waals surface area contributed by atoms with Crippen LogP contribution in [0.5, 0.6) is 0 Å². The van der Waals surface area contributed by atoms with Crippen LogP contribution < -0.4 is 5.32 Å². The van der Waals surface area contributed by atoms with E-state index in [1.165, 1.54) is 5.56 Å². The smallest absolute Gasteiger partial charge is 0.321 e. The van der Waals surface area contributed by atoms with Crippen LogP contribution in [0.25, 0.3) is 0 Å². The topological polar surface area (TPSA) is 53.9 Å². The number of likely N-dealkylation sites (tertiary alicyclic amines) is 1. The Morgan fingerprint density at radius 3 is 2.47 bits per heavy atom. The highest BCUT2D eigenvalue weighted by atomic mass is 35.5. The molecule has 2 aromatic carbocycles.